The summed E-state index contributed by atoms with van der Waals surface area (Å²) in [7, 11) is 1.86. The molecule has 1 saturated heterocycles. The third-order valence-corrected chi connectivity index (χ3v) is 5.51. The van der Waals surface area contributed by atoms with Crippen molar-refractivity contribution in [2.24, 2.45) is 0 Å². The summed E-state index contributed by atoms with van der Waals surface area (Å²) in [4.78, 5) is 18.7. The van der Waals surface area contributed by atoms with Gasteiger partial charge in [0, 0.05) is 32.5 Å². The van der Waals surface area contributed by atoms with Crippen LogP contribution in [0.1, 0.15) is 30.1 Å². The van der Waals surface area contributed by atoms with Gasteiger partial charge in [0.2, 0.25) is 5.91 Å². The number of likely N-dealkylation sites (tertiary alicyclic amines) is 1. The molecular weight excluding hydrogens is 362 g/mol. The van der Waals surface area contributed by atoms with Gasteiger partial charge in [-0.15, -0.1) is 6.58 Å². The van der Waals surface area contributed by atoms with Crippen LogP contribution < -0.4 is 4.74 Å². The lowest BCUT2D eigenvalue weighted by atomic mass is 10.1. The molecule has 0 radical (unpaired) electrons. The van der Waals surface area contributed by atoms with Gasteiger partial charge < -0.3 is 14.2 Å². The third-order valence-electron chi connectivity index (χ3n) is 5.51. The lowest BCUT2D eigenvalue weighted by molar-refractivity contribution is -0.126. The Kier molecular flexibility index (Phi) is 5.65. The van der Waals surface area contributed by atoms with E-state index in [9.17, 15) is 4.79 Å². The van der Waals surface area contributed by atoms with E-state index in [-0.39, 0.29) is 11.8 Å². The first-order chi connectivity index (χ1) is 14.2. The maximum absolute atomic E-state index is 12.0. The number of aromatic nitrogens is 2. The SMILES string of the molecule is C=CCc1ccccc1OCCCn1c(C2CC(=O)N(C)C2)nc2ccccc21. The normalized spacial score (nSPS) is 16.5. The largest absolute Gasteiger partial charge is 0.493 e. The number of fused-ring (bicyclic) bond motifs is 1. The fourth-order valence-corrected chi connectivity index (χ4v) is 4.05. The minimum atomic E-state index is 0.147. The number of rotatable bonds is 8. The monoisotopic (exact) mass is 389 g/mol. The second-order valence-electron chi connectivity index (χ2n) is 7.59. The molecule has 0 bridgehead atoms. The fraction of sp³-hybridized carbons (Fsp3) is 0.333. The van der Waals surface area contributed by atoms with Crippen molar-refractivity contribution < 1.29 is 9.53 Å². The van der Waals surface area contributed by atoms with E-state index in [1.807, 2.05) is 49.5 Å². The van der Waals surface area contributed by atoms with Gasteiger partial charge in [0.05, 0.1) is 17.6 Å². The average Bonchev–Trinajstić information content (AvgIpc) is 3.26. The molecule has 0 saturated carbocycles. The molecule has 2 heterocycles. The van der Waals surface area contributed by atoms with Crippen LogP contribution in [-0.2, 0) is 17.8 Å². The third kappa shape index (κ3) is 4.04. The number of carbonyl (C=O) groups is 1. The molecule has 1 aromatic heterocycles. The highest BCUT2D eigenvalue weighted by Gasteiger charge is 2.31. The first-order valence-electron chi connectivity index (χ1n) is 10.2. The lowest BCUT2D eigenvalue weighted by Gasteiger charge is -2.15. The van der Waals surface area contributed by atoms with E-state index in [1.165, 1.54) is 0 Å². The van der Waals surface area contributed by atoms with Gasteiger partial charge in [-0.25, -0.2) is 4.98 Å². The highest BCUT2D eigenvalue weighted by atomic mass is 16.5. The van der Waals surface area contributed by atoms with Crippen molar-refractivity contribution in [3.8, 4) is 5.75 Å². The number of aryl methyl sites for hydroxylation is 1. The van der Waals surface area contributed by atoms with Crippen LogP contribution in [0.4, 0.5) is 0 Å². The Morgan fingerprint density at radius 2 is 2.00 bits per heavy atom. The number of nitrogens with zero attached hydrogens (tertiary/aromatic N) is 3. The second-order valence-corrected chi connectivity index (χ2v) is 7.59. The van der Waals surface area contributed by atoms with Crippen LogP contribution in [0.5, 0.6) is 5.75 Å². The Morgan fingerprint density at radius 1 is 1.21 bits per heavy atom. The fourth-order valence-electron chi connectivity index (χ4n) is 4.05. The van der Waals surface area contributed by atoms with Gasteiger partial charge in [-0.05, 0) is 36.6 Å². The minimum Gasteiger partial charge on any atom is -0.493 e. The lowest BCUT2D eigenvalue weighted by Crippen LogP contribution is -2.19. The number of hydrogen-bond acceptors (Lipinski definition) is 3. The van der Waals surface area contributed by atoms with Gasteiger partial charge in [0.15, 0.2) is 0 Å². The maximum Gasteiger partial charge on any atom is 0.223 e. The van der Waals surface area contributed by atoms with Crippen LogP contribution in [0, 0.1) is 0 Å². The standard InChI is InChI=1S/C24H27N3O2/c1-3-9-18-10-4-7-13-22(18)29-15-8-14-27-21-12-6-5-11-20(21)25-24(27)19-16-23(28)26(2)17-19/h3-7,10-13,19H,1,8-9,14-17H2,2H3. The van der Waals surface area contributed by atoms with Crippen molar-refractivity contribution in [1.82, 2.24) is 14.5 Å². The highest BCUT2D eigenvalue weighted by Crippen LogP contribution is 2.30. The van der Waals surface area contributed by atoms with Crippen molar-refractivity contribution >= 4 is 16.9 Å². The predicted molar refractivity (Wildman–Crippen MR) is 115 cm³/mol. The first kappa shape index (κ1) is 19.2. The predicted octanol–water partition coefficient (Wildman–Crippen LogP) is 4.18. The molecule has 3 aromatic rings. The van der Waals surface area contributed by atoms with Gasteiger partial charge in [0.25, 0.3) is 0 Å². The molecule has 1 aliphatic rings. The Labute approximate surface area is 171 Å². The summed E-state index contributed by atoms with van der Waals surface area (Å²) in [6.45, 7) is 5.99. The minimum absolute atomic E-state index is 0.147. The van der Waals surface area contributed by atoms with Crippen LogP contribution in [0.15, 0.2) is 61.2 Å². The number of allylic oxidation sites excluding steroid dienone is 1. The Morgan fingerprint density at radius 3 is 2.79 bits per heavy atom. The molecule has 0 N–H and O–H groups in total. The van der Waals surface area contributed by atoms with Gasteiger partial charge in [0.1, 0.15) is 11.6 Å². The summed E-state index contributed by atoms with van der Waals surface area (Å²) in [6.07, 6.45) is 4.10. The van der Waals surface area contributed by atoms with E-state index in [0.29, 0.717) is 13.0 Å². The quantitative estimate of drug-likeness (QED) is 0.429. The van der Waals surface area contributed by atoms with E-state index >= 15 is 0 Å². The summed E-state index contributed by atoms with van der Waals surface area (Å²) in [5, 5.41) is 0. The number of carbonyl (C=O) groups excluding carboxylic acids is 1. The van der Waals surface area contributed by atoms with Crippen molar-refractivity contribution in [3.63, 3.8) is 0 Å². The number of para-hydroxylation sites is 3. The van der Waals surface area contributed by atoms with Crippen LogP contribution >= 0.6 is 0 Å². The molecule has 1 unspecified atom stereocenters. The molecule has 5 heteroatoms. The summed E-state index contributed by atoms with van der Waals surface area (Å²) in [5.41, 5.74) is 3.27. The molecule has 5 nitrogen and oxygen atoms in total. The number of ether oxygens (including phenoxy) is 1. The average molecular weight is 389 g/mol. The maximum atomic E-state index is 12.0. The number of imidazole rings is 1. The van der Waals surface area contributed by atoms with Crippen LogP contribution in [0.25, 0.3) is 11.0 Å². The van der Waals surface area contributed by atoms with Gasteiger partial charge in [-0.2, -0.15) is 0 Å². The van der Waals surface area contributed by atoms with E-state index in [0.717, 1.165) is 54.1 Å². The van der Waals surface area contributed by atoms with E-state index in [4.69, 9.17) is 9.72 Å². The van der Waals surface area contributed by atoms with Crippen LogP contribution in [0.2, 0.25) is 0 Å². The van der Waals surface area contributed by atoms with E-state index < -0.39 is 0 Å². The molecule has 4 rings (SSSR count). The molecule has 1 aliphatic heterocycles. The van der Waals surface area contributed by atoms with Crippen LogP contribution in [0.3, 0.4) is 0 Å². The molecule has 1 atom stereocenters. The molecule has 1 amide bonds. The summed E-state index contributed by atoms with van der Waals surface area (Å²) < 4.78 is 8.32. The van der Waals surface area contributed by atoms with E-state index in [2.05, 4.69) is 23.3 Å². The molecule has 0 aliphatic carbocycles. The Bertz CT molecular complexity index is 1020. The summed E-state index contributed by atoms with van der Waals surface area (Å²) in [5.74, 6) is 2.27. The number of benzene rings is 2. The van der Waals surface area contributed by atoms with Gasteiger partial charge in [-0.1, -0.05) is 36.4 Å². The van der Waals surface area contributed by atoms with Gasteiger partial charge in [-0.3, -0.25) is 4.79 Å². The van der Waals surface area contributed by atoms with E-state index in [1.54, 1.807) is 4.90 Å². The Balaban J connectivity index is 1.48. The molecule has 29 heavy (non-hydrogen) atoms. The van der Waals surface area contributed by atoms with Crippen molar-refractivity contribution in [2.45, 2.75) is 31.7 Å². The van der Waals surface area contributed by atoms with Crippen molar-refractivity contribution in [2.75, 3.05) is 20.2 Å². The second kappa shape index (κ2) is 8.52. The number of hydrogen-bond donors (Lipinski definition) is 0. The molecule has 2 aromatic carbocycles. The topological polar surface area (TPSA) is 47.4 Å². The van der Waals surface area contributed by atoms with Gasteiger partial charge >= 0.3 is 0 Å². The van der Waals surface area contributed by atoms with Crippen molar-refractivity contribution in [3.05, 3.63) is 72.6 Å². The number of amides is 1. The highest BCUT2D eigenvalue weighted by molar-refractivity contribution is 5.80. The number of likely N-dealkylation sites (N-methyl/N-ethyl adjacent to an activating group) is 1. The van der Waals surface area contributed by atoms with Crippen molar-refractivity contribution in [1.29, 1.82) is 0 Å². The first-order valence-corrected chi connectivity index (χ1v) is 10.2. The summed E-state index contributed by atoms with van der Waals surface area (Å²) in [6, 6.07) is 16.3. The summed E-state index contributed by atoms with van der Waals surface area (Å²) >= 11 is 0. The Hall–Kier alpha value is -3.08. The zero-order valence-corrected chi connectivity index (χ0v) is 16.9. The molecule has 0 spiro atoms. The zero-order chi connectivity index (χ0) is 20.2. The molecule has 1 fully saturated rings. The molecule has 150 valence electrons. The smallest absolute Gasteiger partial charge is 0.223 e. The van der Waals surface area contributed by atoms with Crippen LogP contribution in [-0.4, -0.2) is 40.6 Å². The molecular formula is C24H27N3O2. The zero-order valence-electron chi connectivity index (χ0n) is 16.9.